The molecule has 2 aliphatic rings. The van der Waals surface area contributed by atoms with Gasteiger partial charge in [0.05, 0.1) is 6.54 Å². The van der Waals surface area contributed by atoms with Gasteiger partial charge in [0.15, 0.2) is 17.6 Å². The van der Waals surface area contributed by atoms with Gasteiger partial charge in [-0.15, -0.1) is 24.0 Å². The zero-order valence-corrected chi connectivity index (χ0v) is 18.0. The summed E-state index contributed by atoms with van der Waals surface area (Å²) in [4.78, 5) is 24.4. The van der Waals surface area contributed by atoms with E-state index < -0.39 is 0 Å². The lowest BCUT2D eigenvalue weighted by molar-refractivity contribution is -0.130. The minimum Gasteiger partial charge on any atom is -0.352 e. The SMILES string of the molecule is CN=C(NCC(=O)N1CCCCC1)NC1CCN(c2ncccc2F)C1.I. The molecule has 0 saturated carbocycles. The van der Waals surface area contributed by atoms with Gasteiger partial charge in [-0.2, -0.15) is 0 Å². The molecule has 2 fully saturated rings. The summed E-state index contributed by atoms with van der Waals surface area (Å²) in [6, 6.07) is 3.15. The second-order valence-corrected chi connectivity index (χ2v) is 6.75. The summed E-state index contributed by atoms with van der Waals surface area (Å²) in [6.45, 7) is 3.31. The van der Waals surface area contributed by atoms with Gasteiger partial charge in [0, 0.05) is 45.5 Å². The number of likely N-dealkylation sites (tertiary alicyclic amines) is 1. The van der Waals surface area contributed by atoms with Crippen LogP contribution in [0.25, 0.3) is 0 Å². The number of piperidine rings is 1. The molecule has 0 radical (unpaired) electrons. The Hall–Kier alpha value is -1.65. The van der Waals surface area contributed by atoms with E-state index in [9.17, 15) is 9.18 Å². The Kier molecular flexibility index (Phi) is 8.52. The average molecular weight is 490 g/mol. The molecule has 2 aliphatic heterocycles. The molecule has 1 aromatic rings. The van der Waals surface area contributed by atoms with Gasteiger partial charge in [0.25, 0.3) is 0 Å². The third kappa shape index (κ3) is 5.91. The predicted octanol–water partition coefficient (Wildman–Crippen LogP) is 1.59. The van der Waals surface area contributed by atoms with Crippen LogP contribution in [0, 0.1) is 5.82 Å². The third-order valence-corrected chi connectivity index (χ3v) is 4.91. The molecule has 0 aliphatic carbocycles. The van der Waals surface area contributed by atoms with Gasteiger partial charge in [-0.05, 0) is 37.8 Å². The molecule has 3 rings (SSSR count). The van der Waals surface area contributed by atoms with Crippen LogP contribution >= 0.6 is 24.0 Å². The lowest BCUT2D eigenvalue weighted by Gasteiger charge is -2.27. The van der Waals surface area contributed by atoms with Gasteiger partial charge in [-0.25, -0.2) is 9.37 Å². The van der Waals surface area contributed by atoms with Gasteiger partial charge in [-0.3, -0.25) is 9.79 Å². The predicted molar refractivity (Wildman–Crippen MR) is 115 cm³/mol. The Balaban J connectivity index is 0.00000261. The lowest BCUT2D eigenvalue weighted by atomic mass is 10.1. The van der Waals surface area contributed by atoms with Crippen LogP contribution in [-0.4, -0.2) is 67.6 Å². The molecular formula is C18H28FIN6O. The number of carbonyl (C=O) groups excluding carboxylic acids is 1. The number of nitrogens with zero attached hydrogens (tertiary/aromatic N) is 4. The summed E-state index contributed by atoms with van der Waals surface area (Å²) < 4.78 is 13.9. The number of guanidine groups is 1. The van der Waals surface area contributed by atoms with Gasteiger partial charge >= 0.3 is 0 Å². The van der Waals surface area contributed by atoms with Gasteiger partial charge in [-0.1, -0.05) is 0 Å². The zero-order valence-electron chi connectivity index (χ0n) is 15.7. The first-order valence-corrected chi connectivity index (χ1v) is 9.28. The maximum absolute atomic E-state index is 13.9. The van der Waals surface area contributed by atoms with Gasteiger partial charge in [0.2, 0.25) is 5.91 Å². The number of hydrogen-bond acceptors (Lipinski definition) is 4. The number of rotatable bonds is 4. The van der Waals surface area contributed by atoms with Crippen molar-refractivity contribution in [3.8, 4) is 0 Å². The molecule has 150 valence electrons. The largest absolute Gasteiger partial charge is 0.352 e. The van der Waals surface area contributed by atoms with Gasteiger partial charge in [0.1, 0.15) is 0 Å². The van der Waals surface area contributed by atoms with Crippen molar-refractivity contribution in [1.29, 1.82) is 0 Å². The fourth-order valence-corrected chi connectivity index (χ4v) is 3.48. The van der Waals surface area contributed by atoms with Crippen molar-refractivity contribution in [2.75, 3.05) is 44.7 Å². The number of aliphatic imine (C=N–C) groups is 1. The first-order chi connectivity index (χ1) is 12.7. The zero-order chi connectivity index (χ0) is 18.4. The highest BCUT2D eigenvalue weighted by atomic mass is 127. The summed E-state index contributed by atoms with van der Waals surface area (Å²) in [5.41, 5.74) is 0. The molecule has 3 heterocycles. The number of amides is 1. The summed E-state index contributed by atoms with van der Waals surface area (Å²) in [6.07, 6.45) is 5.83. The van der Waals surface area contributed by atoms with Crippen LogP contribution in [0.15, 0.2) is 23.3 Å². The molecule has 7 nitrogen and oxygen atoms in total. The minimum absolute atomic E-state index is 0. The highest BCUT2D eigenvalue weighted by Gasteiger charge is 2.26. The highest BCUT2D eigenvalue weighted by Crippen LogP contribution is 2.20. The van der Waals surface area contributed by atoms with E-state index in [1.165, 1.54) is 12.5 Å². The number of halogens is 2. The molecule has 1 amide bonds. The first-order valence-electron chi connectivity index (χ1n) is 9.28. The number of aromatic nitrogens is 1. The van der Waals surface area contributed by atoms with Crippen LogP contribution in [0.3, 0.4) is 0 Å². The molecule has 0 aromatic carbocycles. The van der Waals surface area contributed by atoms with Crippen molar-refractivity contribution in [3.05, 3.63) is 24.1 Å². The van der Waals surface area contributed by atoms with E-state index in [1.54, 1.807) is 19.3 Å². The fourth-order valence-electron chi connectivity index (χ4n) is 3.48. The van der Waals surface area contributed by atoms with E-state index in [2.05, 4.69) is 20.6 Å². The quantitative estimate of drug-likeness (QED) is 0.381. The Morgan fingerprint density at radius 2 is 2.11 bits per heavy atom. The standard InChI is InChI=1S/C18H27FN6O.HI/c1-20-18(22-12-16(26)24-9-3-2-4-10-24)23-14-7-11-25(13-14)17-15(19)6-5-8-21-17;/h5-6,8,14H,2-4,7,9-13H2,1H3,(H2,20,22,23);1H. The maximum Gasteiger partial charge on any atom is 0.241 e. The van der Waals surface area contributed by atoms with Crippen molar-refractivity contribution in [2.45, 2.75) is 31.7 Å². The van der Waals surface area contributed by atoms with Crippen LogP contribution in [0.4, 0.5) is 10.2 Å². The van der Waals surface area contributed by atoms with Crippen molar-refractivity contribution < 1.29 is 9.18 Å². The summed E-state index contributed by atoms with van der Waals surface area (Å²) >= 11 is 0. The lowest BCUT2D eigenvalue weighted by Crippen LogP contribution is -2.49. The minimum atomic E-state index is -0.303. The number of anilines is 1. The number of carbonyl (C=O) groups is 1. The van der Waals surface area contributed by atoms with Crippen molar-refractivity contribution >= 4 is 41.7 Å². The second-order valence-electron chi connectivity index (χ2n) is 6.75. The Labute approximate surface area is 176 Å². The molecule has 1 unspecified atom stereocenters. The molecule has 0 spiro atoms. The molecule has 0 bridgehead atoms. The monoisotopic (exact) mass is 490 g/mol. The number of pyridine rings is 1. The molecule has 9 heteroatoms. The smallest absolute Gasteiger partial charge is 0.241 e. The summed E-state index contributed by atoms with van der Waals surface area (Å²) in [5, 5.41) is 6.42. The van der Waals surface area contributed by atoms with Crippen LogP contribution in [0.5, 0.6) is 0 Å². The highest BCUT2D eigenvalue weighted by molar-refractivity contribution is 14.0. The van der Waals surface area contributed by atoms with E-state index in [0.29, 0.717) is 18.3 Å². The Morgan fingerprint density at radius 3 is 2.81 bits per heavy atom. The topological polar surface area (TPSA) is 72.9 Å². The van der Waals surface area contributed by atoms with Crippen LogP contribution < -0.4 is 15.5 Å². The van der Waals surface area contributed by atoms with Crippen LogP contribution in [-0.2, 0) is 4.79 Å². The van der Waals surface area contributed by atoms with E-state index >= 15 is 0 Å². The normalized spacial score (nSPS) is 20.2. The number of hydrogen-bond donors (Lipinski definition) is 2. The van der Waals surface area contributed by atoms with E-state index in [4.69, 9.17) is 0 Å². The molecular weight excluding hydrogens is 462 g/mol. The van der Waals surface area contributed by atoms with Crippen molar-refractivity contribution in [3.63, 3.8) is 0 Å². The maximum atomic E-state index is 13.9. The Morgan fingerprint density at radius 1 is 1.33 bits per heavy atom. The van der Waals surface area contributed by atoms with E-state index in [-0.39, 0.29) is 48.3 Å². The Bertz CT molecular complexity index is 652. The fraction of sp³-hybridized carbons (Fsp3) is 0.611. The van der Waals surface area contributed by atoms with Crippen molar-refractivity contribution in [2.24, 2.45) is 4.99 Å². The van der Waals surface area contributed by atoms with E-state index in [0.717, 1.165) is 38.9 Å². The van der Waals surface area contributed by atoms with Crippen LogP contribution in [0.1, 0.15) is 25.7 Å². The molecule has 27 heavy (non-hydrogen) atoms. The summed E-state index contributed by atoms with van der Waals surface area (Å²) in [7, 11) is 1.69. The van der Waals surface area contributed by atoms with Gasteiger partial charge < -0.3 is 20.4 Å². The molecule has 1 aromatic heterocycles. The summed E-state index contributed by atoms with van der Waals surface area (Å²) in [5.74, 6) is 0.794. The van der Waals surface area contributed by atoms with E-state index in [1.807, 2.05) is 9.80 Å². The molecule has 2 N–H and O–H groups in total. The first kappa shape index (κ1) is 21.6. The average Bonchev–Trinajstić information content (AvgIpc) is 3.14. The molecule has 1 atom stereocenters. The number of nitrogens with one attached hydrogen (secondary N) is 2. The third-order valence-electron chi connectivity index (χ3n) is 4.91. The molecule has 2 saturated heterocycles. The van der Waals surface area contributed by atoms with Crippen molar-refractivity contribution in [1.82, 2.24) is 20.5 Å². The van der Waals surface area contributed by atoms with Crippen LogP contribution in [0.2, 0.25) is 0 Å². The second kappa shape index (κ2) is 10.6.